The van der Waals surface area contributed by atoms with Crippen molar-refractivity contribution in [2.45, 2.75) is 30.8 Å². The molecule has 2 unspecified atom stereocenters. The first-order valence-electron chi connectivity index (χ1n) is 4.21. The molecule has 0 aliphatic heterocycles. The van der Waals surface area contributed by atoms with Crippen LogP contribution in [0.3, 0.4) is 0 Å². The van der Waals surface area contributed by atoms with Gasteiger partial charge in [0.1, 0.15) is 12.4 Å². The molecule has 0 fully saturated rings. The maximum atomic E-state index is 12.7. The molecule has 100 valence electrons. The molecule has 0 aromatic rings. The normalized spacial score (nSPS) is 16.1. The highest BCUT2D eigenvalue weighted by Gasteiger charge is 2.54. The number of carbonyl (C=O) groups excluding carboxylic acids is 2. The summed E-state index contributed by atoms with van der Waals surface area (Å²) in [6.45, 7) is 1.05. The molecule has 0 saturated heterocycles. The Morgan fingerprint density at radius 3 is 2.29 bits per heavy atom. The Balaban J connectivity index is 4.90. The SMILES string of the molecule is CC(O)C(CC=O)OC(=O)C(F)(F)S(=O)(=O)O. The fourth-order valence-electron chi connectivity index (χ4n) is 0.750. The number of hydrogen-bond donors (Lipinski definition) is 2. The number of hydrogen-bond acceptors (Lipinski definition) is 6. The fraction of sp³-hybridized carbons (Fsp3) is 0.714. The van der Waals surface area contributed by atoms with Gasteiger partial charge in [0.05, 0.1) is 6.10 Å². The van der Waals surface area contributed by atoms with Crippen LogP contribution in [0.2, 0.25) is 0 Å². The predicted octanol–water partition coefficient (Wildman–Crippen LogP) is -0.651. The van der Waals surface area contributed by atoms with Gasteiger partial charge in [-0.2, -0.15) is 17.2 Å². The van der Waals surface area contributed by atoms with Gasteiger partial charge < -0.3 is 14.6 Å². The van der Waals surface area contributed by atoms with Crippen molar-refractivity contribution in [1.82, 2.24) is 0 Å². The van der Waals surface area contributed by atoms with Crippen LogP contribution in [0.25, 0.3) is 0 Å². The summed E-state index contributed by atoms with van der Waals surface area (Å²) in [5.41, 5.74) is 0. The van der Waals surface area contributed by atoms with Crippen LogP contribution in [0.1, 0.15) is 13.3 Å². The van der Waals surface area contributed by atoms with Gasteiger partial charge in [-0.05, 0) is 6.92 Å². The van der Waals surface area contributed by atoms with Crippen molar-refractivity contribution in [2.24, 2.45) is 0 Å². The number of rotatable bonds is 6. The first-order valence-corrected chi connectivity index (χ1v) is 5.65. The van der Waals surface area contributed by atoms with Crippen molar-refractivity contribution < 1.29 is 41.2 Å². The molecule has 0 rings (SSSR count). The molecule has 0 aliphatic rings. The van der Waals surface area contributed by atoms with Crippen LogP contribution < -0.4 is 0 Å². The largest absolute Gasteiger partial charge is 0.465 e. The smallest absolute Gasteiger partial charge is 0.454 e. The van der Waals surface area contributed by atoms with Gasteiger partial charge >= 0.3 is 21.3 Å². The Kier molecular flexibility index (Phi) is 5.11. The lowest BCUT2D eigenvalue weighted by Crippen LogP contribution is -2.42. The molecule has 10 heteroatoms. The first kappa shape index (κ1) is 15.9. The number of aliphatic hydroxyl groups excluding tert-OH is 1. The Hall–Kier alpha value is -1.13. The summed E-state index contributed by atoms with van der Waals surface area (Å²) < 4.78 is 57.8. The molecule has 0 aliphatic carbocycles. The molecule has 0 radical (unpaired) electrons. The van der Waals surface area contributed by atoms with Gasteiger partial charge in [-0.3, -0.25) is 4.55 Å². The zero-order valence-corrected chi connectivity index (χ0v) is 9.36. The quantitative estimate of drug-likeness (QED) is 0.376. The van der Waals surface area contributed by atoms with Gasteiger partial charge in [-0.15, -0.1) is 0 Å². The summed E-state index contributed by atoms with van der Waals surface area (Å²) in [6.07, 6.45) is -3.48. The van der Waals surface area contributed by atoms with Crippen molar-refractivity contribution in [3.63, 3.8) is 0 Å². The number of carbonyl (C=O) groups is 2. The average Bonchev–Trinajstić information content (AvgIpc) is 2.14. The molecule has 0 bridgehead atoms. The molecular formula is C7H10F2O7S. The molecule has 0 amide bonds. The standard InChI is InChI=1S/C7H10F2O7S/c1-4(11)5(2-3-10)16-6(12)7(8,9)17(13,14)15/h3-5,11H,2H2,1H3,(H,13,14,15). The summed E-state index contributed by atoms with van der Waals surface area (Å²) in [7, 11) is -5.97. The number of esters is 1. The summed E-state index contributed by atoms with van der Waals surface area (Å²) >= 11 is 0. The average molecular weight is 276 g/mol. The summed E-state index contributed by atoms with van der Waals surface area (Å²) in [4.78, 5) is 20.9. The second-order valence-electron chi connectivity index (χ2n) is 3.08. The van der Waals surface area contributed by atoms with Gasteiger partial charge in [-0.25, -0.2) is 4.79 Å². The lowest BCUT2D eigenvalue weighted by Gasteiger charge is -2.20. The number of ether oxygens (including phenoxy) is 1. The van der Waals surface area contributed by atoms with Crippen LogP contribution in [0.4, 0.5) is 8.78 Å². The van der Waals surface area contributed by atoms with Crippen molar-refractivity contribution in [1.29, 1.82) is 0 Å². The predicted molar refractivity (Wildman–Crippen MR) is 48.7 cm³/mol. The second-order valence-corrected chi connectivity index (χ2v) is 4.54. The second kappa shape index (κ2) is 5.47. The van der Waals surface area contributed by atoms with Crippen LogP contribution in [-0.2, 0) is 24.4 Å². The van der Waals surface area contributed by atoms with Crippen LogP contribution in [0.15, 0.2) is 0 Å². The number of aliphatic hydroxyl groups is 1. The van der Waals surface area contributed by atoms with Crippen LogP contribution in [0, 0.1) is 0 Å². The highest BCUT2D eigenvalue weighted by atomic mass is 32.2. The Labute approximate surface area is 95.1 Å². The Bertz CT molecular complexity index is 389. The van der Waals surface area contributed by atoms with Crippen LogP contribution >= 0.6 is 0 Å². The lowest BCUT2D eigenvalue weighted by molar-refractivity contribution is -0.172. The van der Waals surface area contributed by atoms with E-state index in [4.69, 9.17) is 9.66 Å². The molecule has 17 heavy (non-hydrogen) atoms. The first-order chi connectivity index (χ1) is 7.54. The van der Waals surface area contributed by atoms with Crippen molar-refractivity contribution >= 4 is 22.4 Å². The van der Waals surface area contributed by atoms with E-state index in [0.717, 1.165) is 6.92 Å². The third-order valence-electron chi connectivity index (χ3n) is 1.69. The van der Waals surface area contributed by atoms with Gasteiger partial charge in [0.2, 0.25) is 0 Å². The minimum absolute atomic E-state index is 0.191. The van der Waals surface area contributed by atoms with Gasteiger partial charge in [0, 0.05) is 6.42 Å². The van der Waals surface area contributed by atoms with Crippen molar-refractivity contribution in [3.8, 4) is 0 Å². The number of halogens is 2. The molecule has 0 saturated carbocycles. The lowest BCUT2D eigenvalue weighted by atomic mass is 10.2. The van der Waals surface area contributed by atoms with E-state index in [1.54, 1.807) is 0 Å². The minimum atomic E-state index is -5.97. The van der Waals surface area contributed by atoms with E-state index in [0.29, 0.717) is 0 Å². The van der Waals surface area contributed by atoms with Gasteiger partial charge in [-0.1, -0.05) is 0 Å². The van der Waals surface area contributed by atoms with Gasteiger partial charge in [0.15, 0.2) is 0 Å². The third-order valence-corrected chi connectivity index (χ3v) is 2.50. The maximum Gasteiger partial charge on any atom is 0.465 e. The zero-order chi connectivity index (χ0) is 13.9. The van der Waals surface area contributed by atoms with E-state index in [9.17, 15) is 26.8 Å². The third kappa shape index (κ3) is 3.98. The van der Waals surface area contributed by atoms with Crippen molar-refractivity contribution in [2.75, 3.05) is 0 Å². The van der Waals surface area contributed by atoms with Crippen molar-refractivity contribution in [3.05, 3.63) is 0 Å². The van der Waals surface area contributed by atoms with E-state index >= 15 is 0 Å². The molecule has 0 spiro atoms. The van der Waals surface area contributed by atoms with E-state index < -0.39 is 40.0 Å². The fourth-order valence-corrected chi connectivity index (χ4v) is 1.01. The minimum Gasteiger partial charge on any atom is -0.454 e. The molecular weight excluding hydrogens is 266 g/mol. The molecule has 2 atom stereocenters. The van der Waals surface area contributed by atoms with E-state index in [1.807, 2.05) is 0 Å². The highest BCUT2D eigenvalue weighted by Crippen LogP contribution is 2.23. The zero-order valence-electron chi connectivity index (χ0n) is 8.54. The maximum absolute atomic E-state index is 12.7. The topological polar surface area (TPSA) is 118 Å². The summed E-state index contributed by atoms with van der Waals surface area (Å²) in [5, 5.41) is 3.82. The Morgan fingerprint density at radius 1 is 1.53 bits per heavy atom. The van der Waals surface area contributed by atoms with Crippen LogP contribution in [-0.4, -0.2) is 47.8 Å². The molecule has 2 N–H and O–H groups in total. The number of alkyl halides is 2. The summed E-state index contributed by atoms with van der Waals surface area (Å²) in [5.74, 6) is -2.56. The van der Waals surface area contributed by atoms with E-state index in [2.05, 4.69) is 4.74 Å². The van der Waals surface area contributed by atoms with E-state index in [1.165, 1.54) is 0 Å². The van der Waals surface area contributed by atoms with Gasteiger partial charge in [0.25, 0.3) is 0 Å². The van der Waals surface area contributed by atoms with E-state index in [-0.39, 0.29) is 6.29 Å². The molecule has 0 heterocycles. The molecule has 0 aromatic carbocycles. The highest BCUT2D eigenvalue weighted by molar-refractivity contribution is 7.87. The van der Waals surface area contributed by atoms with Crippen LogP contribution in [0.5, 0.6) is 0 Å². The Morgan fingerprint density at radius 2 is 2.00 bits per heavy atom. The summed E-state index contributed by atoms with van der Waals surface area (Å²) in [6, 6.07) is 0. The molecule has 0 aromatic heterocycles. The molecule has 7 nitrogen and oxygen atoms in total. The monoisotopic (exact) mass is 276 g/mol. The number of aldehydes is 1.